The highest BCUT2D eigenvalue weighted by atomic mass is 16.6. The molecule has 0 aliphatic heterocycles. The minimum Gasteiger partial charge on any atom is -0.497 e. The van der Waals surface area contributed by atoms with Crippen molar-refractivity contribution in [1.82, 2.24) is 0 Å². The van der Waals surface area contributed by atoms with Crippen LogP contribution in [0.4, 0.5) is 0 Å². The minimum atomic E-state index is -0.889. The summed E-state index contributed by atoms with van der Waals surface area (Å²) in [6, 6.07) is 0. The van der Waals surface area contributed by atoms with E-state index in [1.165, 1.54) is 13.2 Å². The molecule has 0 saturated carbocycles. The summed E-state index contributed by atoms with van der Waals surface area (Å²) in [6.07, 6.45) is 1.90. The highest BCUT2D eigenvalue weighted by Crippen LogP contribution is 2.01. The summed E-state index contributed by atoms with van der Waals surface area (Å²) < 4.78 is 9.64. The zero-order valence-electron chi connectivity index (χ0n) is 8.68. The van der Waals surface area contributed by atoms with Crippen LogP contribution in [0, 0.1) is 0 Å². The molecule has 15 heavy (non-hydrogen) atoms. The van der Waals surface area contributed by atoms with Crippen LogP contribution in [-0.4, -0.2) is 42.1 Å². The first-order chi connectivity index (χ1) is 7.15. The SMILES string of the molecule is C=CCO/C=C(\C)C(=O)OC(CO)CO. The van der Waals surface area contributed by atoms with E-state index in [4.69, 9.17) is 19.7 Å². The Bertz CT molecular complexity index is 230. The van der Waals surface area contributed by atoms with Crippen molar-refractivity contribution < 1.29 is 24.5 Å². The van der Waals surface area contributed by atoms with Gasteiger partial charge in [-0.05, 0) is 6.92 Å². The summed E-state index contributed by atoms with van der Waals surface area (Å²) in [4.78, 5) is 11.2. The van der Waals surface area contributed by atoms with Gasteiger partial charge in [0.25, 0.3) is 0 Å². The molecule has 0 heterocycles. The number of aliphatic hydroxyl groups excluding tert-OH is 2. The van der Waals surface area contributed by atoms with Crippen molar-refractivity contribution in [3.8, 4) is 0 Å². The van der Waals surface area contributed by atoms with Crippen LogP contribution in [0.25, 0.3) is 0 Å². The molecule has 0 unspecified atom stereocenters. The van der Waals surface area contributed by atoms with Gasteiger partial charge in [0.1, 0.15) is 12.7 Å². The summed E-state index contributed by atoms with van der Waals surface area (Å²) in [5.74, 6) is -0.632. The van der Waals surface area contributed by atoms with Gasteiger partial charge < -0.3 is 19.7 Å². The Morgan fingerprint density at radius 1 is 1.47 bits per heavy atom. The monoisotopic (exact) mass is 216 g/mol. The van der Waals surface area contributed by atoms with E-state index < -0.39 is 25.3 Å². The molecule has 0 bridgehead atoms. The van der Waals surface area contributed by atoms with Crippen LogP contribution in [-0.2, 0) is 14.3 Å². The Labute approximate surface area is 88.6 Å². The van der Waals surface area contributed by atoms with E-state index in [1.807, 2.05) is 0 Å². The van der Waals surface area contributed by atoms with Gasteiger partial charge in [0, 0.05) is 0 Å². The molecule has 0 saturated heterocycles. The lowest BCUT2D eigenvalue weighted by Gasteiger charge is -2.12. The van der Waals surface area contributed by atoms with Gasteiger partial charge in [-0.15, -0.1) is 0 Å². The minimum absolute atomic E-state index is 0.253. The lowest BCUT2D eigenvalue weighted by atomic mass is 10.3. The fourth-order valence-electron chi connectivity index (χ4n) is 0.666. The Hall–Kier alpha value is -1.33. The van der Waals surface area contributed by atoms with Crippen LogP contribution in [0.15, 0.2) is 24.5 Å². The van der Waals surface area contributed by atoms with E-state index >= 15 is 0 Å². The molecule has 0 aliphatic rings. The van der Waals surface area contributed by atoms with Crippen molar-refractivity contribution in [3.05, 3.63) is 24.5 Å². The van der Waals surface area contributed by atoms with E-state index in [-0.39, 0.29) is 5.57 Å². The third-order valence-corrected chi connectivity index (χ3v) is 1.48. The average Bonchev–Trinajstić information content (AvgIpc) is 2.25. The lowest BCUT2D eigenvalue weighted by molar-refractivity contribution is -0.148. The zero-order chi connectivity index (χ0) is 11.7. The van der Waals surface area contributed by atoms with Crippen LogP contribution in [0.3, 0.4) is 0 Å². The molecule has 0 aliphatic carbocycles. The third-order valence-electron chi connectivity index (χ3n) is 1.48. The van der Waals surface area contributed by atoms with E-state index in [1.54, 1.807) is 6.08 Å². The maximum atomic E-state index is 11.2. The molecule has 5 nitrogen and oxygen atoms in total. The molecular formula is C10H16O5. The van der Waals surface area contributed by atoms with Crippen molar-refractivity contribution >= 4 is 5.97 Å². The smallest absolute Gasteiger partial charge is 0.337 e. The van der Waals surface area contributed by atoms with Crippen LogP contribution in [0.1, 0.15) is 6.92 Å². The molecule has 0 fully saturated rings. The zero-order valence-corrected chi connectivity index (χ0v) is 8.68. The quantitative estimate of drug-likeness (QED) is 0.206. The second-order valence-electron chi connectivity index (χ2n) is 2.82. The van der Waals surface area contributed by atoms with Crippen molar-refractivity contribution in [3.63, 3.8) is 0 Å². The molecule has 86 valence electrons. The number of aliphatic hydroxyl groups is 2. The largest absolute Gasteiger partial charge is 0.497 e. The highest BCUT2D eigenvalue weighted by molar-refractivity contribution is 5.87. The number of carbonyl (C=O) groups is 1. The molecule has 0 aromatic carbocycles. The first-order valence-corrected chi connectivity index (χ1v) is 4.47. The Kier molecular flexibility index (Phi) is 7.31. The number of hydrogen-bond donors (Lipinski definition) is 2. The fourth-order valence-corrected chi connectivity index (χ4v) is 0.666. The molecule has 0 radical (unpaired) electrons. The van der Waals surface area contributed by atoms with Gasteiger partial charge in [-0.3, -0.25) is 0 Å². The van der Waals surface area contributed by atoms with Gasteiger partial charge in [-0.25, -0.2) is 4.79 Å². The van der Waals surface area contributed by atoms with Gasteiger partial charge in [0.15, 0.2) is 0 Å². The molecule has 0 aromatic heterocycles. The van der Waals surface area contributed by atoms with Crippen molar-refractivity contribution in [2.75, 3.05) is 19.8 Å². The van der Waals surface area contributed by atoms with Gasteiger partial charge >= 0.3 is 5.97 Å². The number of esters is 1. The van der Waals surface area contributed by atoms with Crippen LogP contribution >= 0.6 is 0 Å². The summed E-state index contributed by atoms with van der Waals surface area (Å²) >= 11 is 0. The van der Waals surface area contributed by atoms with E-state index in [0.29, 0.717) is 6.61 Å². The first kappa shape index (κ1) is 13.7. The van der Waals surface area contributed by atoms with E-state index in [0.717, 1.165) is 0 Å². The normalized spacial score (nSPS) is 11.3. The van der Waals surface area contributed by atoms with E-state index in [9.17, 15) is 4.79 Å². The van der Waals surface area contributed by atoms with Gasteiger partial charge in [-0.2, -0.15) is 0 Å². The Balaban J connectivity index is 4.07. The Morgan fingerprint density at radius 3 is 2.53 bits per heavy atom. The summed E-state index contributed by atoms with van der Waals surface area (Å²) in [6.45, 7) is 4.42. The predicted octanol–water partition coefficient (Wildman–Crippen LogP) is -0.0108. The maximum Gasteiger partial charge on any atom is 0.337 e. The topological polar surface area (TPSA) is 76.0 Å². The lowest BCUT2D eigenvalue weighted by Crippen LogP contribution is -2.26. The standard InChI is InChI=1S/C10H16O5/c1-3-4-14-7-8(2)10(13)15-9(5-11)6-12/h3,7,9,11-12H,1,4-6H2,2H3/b8-7+. The number of carbonyl (C=O) groups excluding carboxylic acids is 1. The van der Waals surface area contributed by atoms with Crippen LogP contribution in [0.2, 0.25) is 0 Å². The first-order valence-electron chi connectivity index (χ1n) is 4.47. The van der Waals surface area contributed by atoms with E-state index in [2.05, 4.69) is 6.58 Å². The van der Waals surface area contributed by atoms with Crippen molar-refractivity contribution in [2.45, 2.75) is 13.0 Å². The number of hydrogen-bond acceptors (Lipinski definition) is 5. The number of ether oxygens (including phenoxy) is 2. The highest BCUT2D eigenvalue weighted by Gasteiger charge is 2.13. The number of rotatable bonds is 7. The van der Waals surface area contributed by atoms with Gasteiger partial charge in [0.05, 0.1) is 25.0 Å². The summed E-state index contributed by atoms with van der Waals surface area (Å²) in [7, 11) is 0. The summed E-state index contributed by atoms with van der Waals surface area (Å²) in [5, 5.41) is 17.3. The third kappa shape index (κ3) is 5.87. The second kappa shape index (κ2) is 8.02. The van der Waals surface area contributed by atoms with Crippen LogP contribution < -0.4 is 0 Å². The molecule has 0 amide bonds. The summed E-state index contributed by atoms with van der Waals surface area (Å²) in [5.41, 5.74) is 0.253. The molecular weight excluding hydrogens is 200 g/mol. The van der Waals surface area contributed by atoms with Gasteiger partial charge in [0.2, 0.25) is 0 Å². The molecule has 0 aromatic rings. The van der Waals surface area contributed by atoms with Gasteiger partial charge in [-0.1, -0.05) is 12.7 Å². The predicted molar refractivity (Wildman–Crippen MR) is 54.0 cm³/mol. The fraction of sp³-hybridized carbons (Fsp3) is 0.500. The maximum absolute atomic E-state index is 11.2. The van der Waals surface area contributed by atoms with Crippen molar-refractivity contribution in [2.24, 2.45) is 0 Å². The molecule has 2 N–H and O–H groups in total. The molecule has 0 spiro atoms. The average molecular weight is 216 g/mol. The second-order valence-corrected chi connectivity index (χ2v) is 2.82. The molecule has 5 heteroatoms. The van der Waals surface area contributed by atoms with Crippen LogP contribution in [0.5, 0.6) is 0 Å². The Morgan fingerprint density at radius 2 is 2.07 bits per heavy atom. The van der Waals surface area contributed by atoms with Crippen molar-refractivity contribution in [1.29, 1.82) is 0 Å². The molecule has 0 atom stereocenters. The molecule has 0 rings (SSSR count).